The molecule has 6 heteroatoms. The molecule has 3 aromatic rings. The molecular formula is C15H16N4O2. The van der Waals surface area contributed by atoms with E-state index in [0.717, 1.165) is 23.9 Å². The van der Waals surface area contributed by atoms with Crippen LogP contribution in [0.2, 0.25) is 0 Å². The van der Waals surface area contributed by atoms with Gasteiger partial charge in [0.15, 0.2) is 11.6 Å². The predicted octanol–water partition coefficient (Wildman–Crippen LogP) is 2.94. The SMILES string of the molecule is CCCc1cc(NC(=O)c2cc3cc(N)ccc3o2)n[nH]1. The van der Waals surface area contributed by atoms with E-state index in [2.05, 4.69) is 22.4 Å². The number of fused-ring (bicyclic) bond motifs is 1. The summed E-state index contributed by atoms with van der Waals surface area (Å²) >= 11 is 0. The Kier molecular flexibility index (Phi) is 3.35. The third-order valence-corrected chi connectivity index (χ3v) is 3.16. The summed E-state index contributed by atoms with van der Waals surface area (Å²) in [6, 6.07) is 8.74. The summed E-state index contributed by atoms with van der Waals surface area (Å²) in [7, 11) is 0. The number of benzene rings is 1. The number of aromatic amines is 1. The van der Waals surface area contributed by atoms with Crippen molar-refractivity contribution in [1.29, 1.82) is 0 Å². The fourth-order valence-electron chi connectivity index (χ4n) is 2.17. The maximum Gasteiger partial charge on any atom is 0.292 e. The second kappa shape index (κ2) is 5.32. The number of nitrogens with zero attached hydrogens (tertiary/aromatic N) is 1. The fraction of sp³-hybridized carbons (Fsp3) is 0.200. The van der Waals surface area contributed by atoms with Crippen molar-refractivity contribution >= 4 is 28.4 Å². The Morgan fingerprint density at radius 3 is 3.05 bits per heavy atom. The zero-order valence-electron chi connectivity index (χ0n) is 11.6. The number of carbonyl (C=O) groups excluding carboxylic acids is 1. The summed E-state index contributed by atoms with van der Waals surface area (Å²) < 4.78 is 5.51. The van der Waals surface area contributed by atoms with E-state index in [1.807, 2.05) is 6.07 Å². The lowest BCUT2D eigenvalue weighted by atomic mass is 10.2. The first-order chi connectivity index (χ1) is 10.2. The molecule has 0 radical (unpaired) electrons. The number of hydrogen-bond acceptors (Lipinski definition) is 4. The van der Waals surface area contributed by atoms with Gasteiger partial charge in [0.05, 0.1) is 0 Å². The first-order valence-corrected chi connectivity index (χ1v) is 6.80. The maximum atomic E-state index is 12.1. The number of furan rings is 1. The minimum absolute atomic E-state index is 0.232. The lowest BCUT2D eigenvalue weighted by Gasteiger charge is -1.96. The van der Waals surface area contributed by atoms with Gasteiger partial charge in [-0.25, -0.2) is 0 Å². The van der Waals surface area contributed by atoms with Crippen LogP contribution >= 0.6 is 0 Å². The molecule has 0 aliphatic heterocycles. The molecular weight excluding hydrogens is 268 g/mol. The molecule has 1 aromatic carbocycles. The third-order valence-electron chi connectivity index (χ3n) is 3.16. The van der Waals surface area contributed by atoms with Crippen molar-refractivity contribution in [3.8, 4) is 0 Å². The molecule has 6 nitrogen and oxygen atoms in total. The molecule has 1 amide bonds. The largest absolute Gasteiger partial charge is 0.451 e. The van der Waals surface area contributed by atoms with Crippen LogP contribution in [0.25, 0.3) is 11.0 Å². The molecule has 0 atom stereocenters. The third kappa shape index (κ3) is 2.74. The zero-order chi connectivity index (χ0) is 14.8. The van der Waals surface area contributed by atoms with Gasteiger partial charge in [0.25, 0.3) is 5.91 Å². The van der Waals surface area contributed by atoms with Crippen molar-refractivity contribution < 1.29 is 9.21 Å². The van der Waals surface area contributed by atoms with Gasteiger partial charge in [-0.1, -0.05) is 13.3 Å². The number of hydrogen-bond donors (Lipinski definition) is 3. The van der Waals surface area contributed by atoms with Crippen LogP contribution in [0.1, 0.15) is 29.6 Å². The van der Waals surface area contributed by atoms with Crippen LogP contribution in [0.15, 0.2) is 34.7 Å². The average molecular weight is 284 g/mol. The Labute approximate surface area is 121 Å². The molecule has 2 aromatic heterocycles. The molecule has 0 saturated carbocycles. The minimum Gasteiger partial charge on any atom is -0.451 e. The van der Waals surface area contributed by atoms with E-state index in [1.54, 1.807) is 24.3 Å². The number of anilines is 2. The first kappa shape index (κ1) is 13.2. The van der Waals surface area contributed by atoms with Gasteiger partial charge in [-0.15, -0.1) is 0 Å². The average Bonchev–Trinajstić information content (AvgIpc) is 3.05. The van der Waals surface area contributed by atoms with Crippen LogP contribution in [0.5, 0.6) is 0 Å². The van der Waals surface area contributed by atoms with Crippen LogP contribution in [0.3, 0.4) is 0 Å². The van der Waals surface area contributed by atoms with Crippen molar-refractivity contribution in [2.45, 2.75) is 19.8 Å². The highest BCUT2D eigenvalue weighted by Gasteiger charge is 2.14. The Morgan fingerprint density at radius 1 is 1.38 bits per heavy atom. The summed E-state index contributed by atoms with van der Waals surface area (Å²) in [6.45, 7) is 2.08. The number of H-pyrrole nitrogens is 1. The van der Waals surface area contributed by atoms with Crippen LogP contribution in [0, 0.1) is 0 Å². The Bertz CT molecular complexity index is 788. The number of amides is 1. The van der Waals surface area contributed by atoms with Crippen LogP contribution < -0.4 is 11.1 Å². The van der Waals surface area contributed by atoms with Gasteiger partial charge in [-0.2, -0.15) is 5.10 Å². The van der Waals surface area contributed by atoms with Crippen LogP contribution in [-0.2, 0) is 6.42 Å². The number of carbonyl (C=O) groups is 1. The highest BCUT2D eigenvalue weighted by molar-refractivity contribution is 6.04. The molecule has 4 N–H and O–H groups in total. The highest BCUT2D eigenvalue weighted by Crippen LogP contribution is 2.22. The van der Waals surface area contributed by atoms with Gasteiger partial charge in [-0.05, 0) is 30.7 Å². The number of aromatic nitrogens is 2. The van der Waals surface area contributed by atoms with E-state index >= 15 is 0 Å². The second-order valence-electron chi connectivity index (χ2n) is 4.89. The lowest BCUT2D eigenvalue weighted by Crippen LogP contribution is -2.10. The van der Waals surface area contributed by atoms with Gasteiger partial charge < -0.3 is 15.5 Å². The summed E-state index contributed by atoms with van der Waals surface area (Å²) in [6.07, 6.45) is 1.91. The second-order valence-corrected chi connectivity index (χ2v) is 4.89. The van der Waals surface area contributed by atoms with Crippen molar-refractivity contribution in [3.05, 3.63) is 41.8 Å². The maximum absolute atomic E-state index is 12.1. The van der Waals surface area contributed by atoms with Crippen molar-refractivity contribution in [2.24, 2.45) is 0 Å². The number of nitrogen functional groups attached to an aromatic ring is 1. The first-order valence-electron chi connectivity index (χ1n) is 6.80. The smallest absolute Gasteiger partial charge is 0.292 e. The van der Waals surface area contributed by atoms with Gasteiger partial charge in [0, 0.05) is 22.8 Å². The molecule has 21 heavy (non-hydrogen) atoms. The van der Waals surface area contributed by atoms with E-state index in [-0.39, 0.29) is 11.7 Å². The van der Waals surface area contributed by atoms with E-state index in [4.69, 9.17) is 10.2 Å². The minimum atomic E-state index is -0.334. The normalized spacial score (nSPS) is 10.9. The van der Waals surface area contributed by atoms with Crippen molar-refractivity contribution in [1.82, 2.24) is 10.2 Å². The monoisotopic (exact) mass is 284 g/mol. The molecule has 0 aliphatic carbocycles. The Hall–Kier alpha value is -2.76. The van der Waals surface area contributed by atoms with Crippen molar-refractivity contribution in [3.63, 3.8) is 0 Å². The highest BCUT2D eigenvalue weighted by atomic mass is 16.3. The van der Waals surface area contributed by atoms with Gasteiger partial charge in [-0.3, -0.25) is 9.89 Å². The summed E-state index contributed by atoms with van der Waals surface area (Å²) in [5.74, 6) is 0.387. The van der Waals surface area contributed by atoms with E-state index in [1.165, 1.54) is 0 Å². The van der Waals surface area contributed by atoms with Crippen LogP contribution in [0.4, 0.5) is 11.5 Å². The van der Waals surface area contributed by atoms with E-state index in [9.17, 15) is 4.79 Å². The van der Waals surface area contributed by atoms with Crippen molar-refractivity contribution in [2.75, 3.05) is 11.1 Å². The Morgan fingerprint density at radius 2 is 2.24 bits per heavy atom. The molecule has 0 bridgehead atoms. The van der Waals surface area contributed by atoms with E-state index < -0.39 is 0 Å². The summed E-state index contributed by atoms with van der Waals surface area (Å²) in [4.78, 5) is 12.1. The number of aryl methyl sites for hydroxylation is 1. The molecule has 0 unspecified atom stereocenters. The molecule has 3 rings (SSSR count). The summed E-state index contributed by atoms with van der Waals surface area (Å²) in [5, 5.41) is 10.4. The van der Waals surface area contributed by atoms with Gasteiger partial charge in [0.1, 0.15) is 5.58 Å². The topological polar surface area (TPSA) is 96.9 Å². The molecule has 0 saturated heterocycles. The van der Waals surface area contributed by atoms with E-state index in [0.29, 0.717) is 17.1 Å². The number of rotatable bonds is 4. The quantitative estimate of drug-likeness (QED) is 0.642. The standard InChI is InChI=1S/C15H16N4O2/c1-2-3-11-8-14(19-18-11)17-15(20)13-7-9-6-10(16)4-5-12(9)21-13/h4-8H,2-3,16H2,1H3,(H2,17,18,19,20). The summed E-state index contributed by atoms with van der Waals surface area (Å²) in [5.41, 5.74) is 7.96. The van der Waals surface area contributed by atoms with Gasteiger partial charge in [0.2, 0.25) is 0 Å². The predicted molar refractivity (Wildman–Crippen MR) is 81.2 cm³/mol. The zero-order valence-corrected chi connectivity index (χ0v) is 11.6. The van der Waals surface area contributed by atoms with Crippen LogP contribution in [-0.4, -0.2) is 16.1 Å². The molecule has 0 spiro atoms. The lowest BCUT2D eigenvalue weighted by molar-refractivity contribution is 0.0998. The Balaban J connectivity index is 1.79. The number of nitrogens with two attached hydrogens (primary N) is 1. The molecule has 108 valence electrons. The molecule has 0 fully saturated rings. The molecule has 2 heterocycles. The van der Waals surface area contributed by atoms with Gasteiger partial charge >= 0.3 is 0 Å². The number of nitrogens with one attached hydrogen (secondary N) is 2. The molecule has 0 aliphatic rings. The fourth-order valence-corrected chi connectivity index (χ4v) is 2.17.